The summed E-state index contributed by atoms with van der Waals surface area (Å²) in [5, 5.41) is 14.9. The molecular weight excluding hydrogens is 272 g/mol. The van der Waals surface area contributed by atoms with Crippen LogP contribution < -0.4 is 10.6 Å². The maximum atomic E-state index is 12.1. The van der Waals surface area contributed by atoms with Crippen LogP contribution >= 0.6 is 0 Å². The van der Waals surface area contributed by atoms with Gasteiger partial charge in [-0.2, -0.15) is 0 Å². The first-order chi connectivity index (χ1) is 9.99. The monoisotopic (exact) mass is 298 g/mol. The minimum atomic E-state index is -0.851. The minimum Gasteiger partial charge on any atom is -0.481 e. The van der Waals surface area contributed by atoms with E-state index in [4.69, 9.17) is 9.84 Å². The quantitative estimate of drug-likeness (QED) is 0.638. The topological polar surface area (TPSA) is 87.7 Å². The van der Waals surface area contributed by atoms with Crippen molar-refractivity contribution in [3.05, 3.63) is 0 Å². The van der Waals surface area contributed by atoms with Gasteiger partial charge in [0.1, 0.15) is 0 Å². The second kappa shape index (κ2) is 6.64. The van der Waals surface area contributed by atoms with E-state index in [1.54, 1.807) is 7.11 Å². The van der Waals surface area contributed by atoms with E-state index in [9.17, 15) is 9.59 Å². The molecule has 120 valence electrons. The minimum absolute atomic E-state index is 0.00916. The van der Waals surface area contributed by atoms with Crippen LogP contribution in [0.4, 0.5) is 4.79 Å². The van der Waals surface area contributed by atoms with Crippen molar-refractivity contribution in [2.75, 3.05) is 20.3 Å². The average Bonchev–Trinajstić information content (AvgIpc) is 3.07. The van der Waals surface area contributed by atoms with Crippen LogP contribution in [0, 0.1) is 5.41 Å². The Balaban J connectivity index is 1.79. The molecule has 0 aliphatic heterocycles. The maximum Gasteiger partial charge on any atom is 0.315 e. The molecule has 0 radical (unpaired) electrons. The average molecular weight is 298 g/mol. The molecule has 21 heavy (non-hydrogen) atoms. The molecule has 0 unspecified atom stereocenters. The second-order valence-electron chi connectivity index (χ2n) is 6.61. The van der Waals surface area contributed by atoms with Crippen LogP contribution in [0.5, 0.6) is 0 Å². The van der Waals surface area contributed by atoms with Crippen LogP contribution in [0.2, 0.25) is 0 Å². The lowest BCUT2D eigenvalue weighted by Gasteiger charge is -2.29. The number of carbonyl (C=O) groups excluding carboxylic acids is 1. The summed E-state index contributed by atoms with van der Waals surface area (Å²) in [7, 11) is 1.69. The number of nitrogens with one attached hydrogen (secondary N) is 2. The van der Waals surface area contributed by atoms with Crippen molar-refractivity contribution in [1.82, 2.24) is 10.6 Å². The number of methoxy groups -OCH3 is 1. The molecule has 2 fully saturated rings. The number of ether oxygens (including phenoxy) is 1. The number of urea groups is 1. The summed E-state index contributed by atoms with van der Waals surface area (Å²) >= 11 is 0. The maximum absolute atomic E-state index is 12.1. The first kappa shape index (κ1) is 16.1. The van der Waals surface area contributed by atoms with Gasteiger partial charge in [0, 0.05) is 20.3 Å². The lowest BCUT2D eigenvalue weighted by Crippen LogP contribution is -2.52. The molecule has 2 aliphatic rings. The zero-order valence-electron chi connectivity index (χ0n) is 12.7. The Kier molecular flexibility index (Phi) is 5.08. The van der Waals surface area contributed by atoms with Crippen LogP contribution in [0.25, 0.3) is 0 Å². The van der Waals surface area contributed by atoms with Crippen LogP contribution in [0.1, 0.15) is 51.4 Å². The van der Waals surface area contributed by atoms with Crippen LogP contribution in [-0.4, -0.2) is 42.9 Å². The molecule has 0 bridgehead atoms. The fourth-order valence-electron chi connectivity index (χ4n) is 3.25. The highest BCUT2D eigenvalue weighted by Gasteiger charge is 2.43. The van der Waals surface area contributed by atoms with Crippen molar-refractivity contribution >= 4 is 12.0 Å². The highest BCUT2D eigenvalue weighted by Crippen LogP contribution is 2.48. The molecule has 2 rings (SSSR count). The van der Waals surface area contributed by atoms with Gasteiger partial charge >= 0.3 is 12.0 Å². The molecule has 2 aliphatic carbocycles. The predicted octanol–water partition coefficient (Wildman–Crippen LogP) is 1.89. The molecule has 2 saturated carbocycles. The Bertz CT molecular complexity index is 387. The van der Waals surface area contributed by atoms with E-state index in [2.05, 4.69) is 10.6 Å². The molecule has 0 aromatic heterocycles. The third-order valence-corrected chi connectivity index (χ3v) is 4.85. The first-order valence-electron chi connectivity index (χ1n) is 7.76. The molecule has 0 heterocycles. The standard InChI is InChI=1S/C15H26N2O4/c1-21-9-8-14(6-7-14)11-16-13(20)17-15(10-12(18)19)4-2-3-5-15/h2-11H2,1H3,(H,18,19)(H2,16,17,20). The van der Waals surface area contributed by atoms with Gasteiger partial charge in [-0.3, -0.25) is 4.79 Å². The molecule has 3 N–H and O–H groups in total. The number of rotatable bonds is 8. The van der Waals surface area contributed by atoms with Gasteiger partial charge < -0.3 is 20.5 Å². The molecule has 2 amide bonds. The van der Waals surface area contributed by atoms with E-state index in [0.29, 0.717) is 13.2 Å². The number of amides is 2. The van der Waals surface area contributed by atoms with Gasteiger partial charge in [-0.15, -0.1) is 0 Å². The summed E-state index contributed by atoms with van der Waals surface area (Å²) in [6.07, 6.45) is 6.67. The van der Waals surface area contributed by atoms with Gasteiger partial charge in [-0.1, -0.05) is 12.8 Å². The van der Waals surface area contributed by atoms with Crippen molar-refractivity contribution < 1.29 is 19.4 Å². The second-order valence-corrected chi connectivity index (χ2v) is 6.61. The molecule has 6 heteroatoms. The Labute approximate surface area is 125 Å². The Morgan fingerprint density at radius 3 is 2.38 bits per heavy atom. The summed E-state index contributed by atoms with van der Waals surface area (Å²) in [6, 6.07) is -0.234. The predicted molar refractivity (Wildman–Crippen MR) is 78.1 cm³/mol. The number of hydrogen-bond acceptors (Lipinski definition) is 3. The summed E-state index contributed by atoms with van der Waals surface area (Å²) in [6.45, 7) is 1.36. The molecule has 6 nitrogen and oxygen atoms in total. The van der Waals surface area contributed by atoms with E-state index in [0.717, 1.165) is 44.9 Å². The smallest absolute Gasteiger partial charge is 0.315 e. The molecule has 0 saturated heterocycles. The Morgan fingerprint density at radius 2 is 1.86 bits per heavy atom. The van der Waals surface area contributed by atoms with Gasteiger partial charge in [0.05, 0.1) is 12.0 Å². The van der Waals surface area contributed by atoms with E-state index in [-0.39, 0.29) is 17.9 Å². The van der Waals surface area contributed by atoms with Gasteiger partial charge in [-0.05, 0) is 37.5 Å². The van der Waals surface area contributed by atoms with Gasteiger partial charge in [0.15, 0.2) is 0 Å². The van der Waals surface area contributed by atoms with E-state index in [1.807, 2.05) is 0 Å². The molecular formula is C15H26N2O4. The first-order valence-corrected chi connectivity index (χ1v) is 7.76. The fourth-order valence-corrected chi connectivity index (χ4v) is 3.25. The third-order valence-electron chi connectivity index (χ3n) is 4.85. The summed E-state index contributed by atoms with van der Waals surface area (Å²) in [5.74, 6) is -0.851. The van der Waals surface area contributed by atoms with Crippen LogP contribution in [-0.2, 0) is 9.53 Å². The Hall–Kier alpha value is -1.30. The van der Waals surface area contributed by atoms with Crippen molar-refractivity contribution in [1.29, 1.82) is 0 Å². The van der Waals surface area contributed by atoms with E-state index in [1.165, 1.54) is 0 Å². The normalized spacial score (nSPS) is 21.8. The van der Waals surface area contributed by atoms with Crippen molar-refractivity contribution in [2.24, 2.45) is 5.41 Å². The molecule has 0 atom stereocenters. The number of hydrogen-bond donors (Lipinski definition) is 3. The fraction of sp³-hybridized carbons (Fsp3) is 0.867. The van der Waals surface area contributed by atoms with Gasteiger partial charge in [-0.25, -0.2) is 4.79 Å². The van der Waals surface area contributed by atoms with Crippen molar-refractivity contribution in [2.45, 2.75) is 56.9 Å². The highest BCUT2D eigenvalue weighted by molar-refractivity contribution is 5.77. The summed E-state index contributed by atoms with van der Waals surface area (Å²) in [5.41, 5.74) is -0.359. The number of carboxylic acid groups (broad SMARTS) is 1. The molecule has 0 spiro atoms. The van der Waals surface area contributed by atoms with E-state index < -0.39 is 11.5 Å². The van der Waals surface area contributed by atoms with Crippen LogP contribution in [0.15, 0.2) is 0 Å². The van der Waals surface area contributed by atoms with Crippen molar-refractivity contribution in [3.8, 4) is 0 Å². The zero-order valence-corrected chi connectivity index (χ0v) is 12.7. The summed E-state index contributed by atoms with van der Waals surface area (Å²) < 4.78 is 5.10. The molecule has 0 aromatic rings. The summed E-state index contributed by atoms with van der Waals surface area (Å²) in [4.78, 5) is 23.1. The number of carboxylic acids is 1. The molecule has 0 aromatic carbocycles. The van der Waals surface area contributed by atoms with E-state index >= 15 is 0 Å². The zero-order chi connectivity index (χ0) is 15.3. The number of aliphatic carboxylic acids is 1. The Morgan fingerprint density at radius 1 is 1.19 bits per heavy atom. The lowest BCUT2D eigenvalue weighted by molar-refractivity contribution is -0.138. The SMILES string of the molecule is COCCC1(CNC(=O)NC2(CC(=O)O)CCCC2)CC1. The lowest BCUT2D eigenvalue weighted by atomic mass is 9.93. The van der Waals surface area contributed by atoms with Gasteiger partial charge in [0.2, 0.25) is 0 Å². The number of carbonyl (C=O) groups is 2. The highest BCUT2D eigenvalue weighted by atomic mass is 16.5. The van der Waals surface area contributed by atoms with Crippen molar-refractivity contribution in [3.63, 3.8) is 0 Å². The largest absolute Gasteiger partial charge is 0.481 e. The van der Waals surface area contributed by atoms with Gasteiger partial charge in [0.25, 0.3) is 0 Å². The third kappa shape index (κ3) is 4.59. The van der Waals surface area contributed by atoms with Crippen LogP contribution in [0.3, 0.4) is 0 Å².